The molecule has 1 aromatic heterocycles. The molecule has 0 saturated heterocycles. The van der Waals surface area contributed by atoms with Crippen molar-refractivity contribution in [2.75, 3.05) is 5.88 Å². The molecule has 1 heterocycles. The van der Waals surface area contributed by atoms with Crippen molar-refractivity contribution in [1.82, 2.24) is 10.3 Å². The Morgan fingerprint density at radius 3 is 2.39 bits per heavy atom. The summed E-state index contributed by atoms with van der Waals surface area (Å²) in [5.74, 6) is 0.530. The Morgan fingerprint density at radius 2 is 1.78 bits per heavy atom. The Kier molecular flexibility index (Phi) is 4.34. The van der Waals surface area contributed by atoms with Gasteiger partial charge in [0.1, 0.15) is 0 Å². The van der Waals surface area contributed by atoms with E-state index in [1.165, 1.54) is 11.1 Å². The van der Waals surface area contributed by atoms with Crippen LogP contribution in [0.15, 0.2) is 54.9 Å². The summed E-state index contributed by atoms with van der Waals surface area (Å²) in [5.41, 5.74) is 2.19. The van der Waals surface area contributed by atoms with Crippen LogP contribution in [-0.2, 0) is 12.1 Å². The second-order valence-corrected chi connectivity index (χ2v) is 4.81. The van der Waals surface area contributed by atoms with E-state index in [1.54, 1.807) is 12.4 Å². The van der Waals surface area contributed by atoms with Crippen molar-refractivity contribution in [2.45, 2.75) is 19.0 Å². The van der Waals surface area contributed by atoms with Crippen molar-refractivity contribution in [3.8, 4) is 0 Å². The highest BCUT2D eigenvalue weighted by molar-refractivity contribution is 6.18. The highest BCUT2D eigenvalue weighted by Crippen LogP contribution is 2.22. The molecule has 0 spiro atoms. The summed E-state index contributed by atoms with van der Waals surface area (Å²) in [7, 11) is 0. The van der Waals surface area contributed by atoms with Crippen molar-refractivity contribution in [3.05, 3.63) is 66.0 Å². The van der Waals surface area contributed by atoms with Gasteiger partial charge in [0, 0.05) is 24.8 Å². The number of aromatic nitrogens is 1. The van der Waals surface area contributed by atoms with Crippen LogP contribution in [0, 0.1) is 0 Å². The maximum Gasteiger partial charge on any atom is 0.0545 e. The summed E-state index contributed by atoms with van der Waals surface area (Å²) < 4.78 is 0. The summed E-state index contributed by atoms with van der Waals surface area (Å²) in [6, 6.07) is 14.3. The van der Waals surface area contributed by atoms with E-state index >= 15 is 0 Å². The zero-order valence-electron chi connectivity index (χ0n) is 10.4. The normalized spacial score (nSPS) is 14.1. The number of halogens is 1. The van der Waals surface area contributed by atoms with Crippen molar-refractivity contribution >= 4 is 11.6 Å². The molecule has 2 nitrogen and oxygen atoms in total. The van der Waals surface area contributed by atoms with Crippen LogP contribution in [0.4, 0.5) is 0 Å². The molecule has 3 heteroatoms. The molecule has 1 atom stereocenters. The predicted molar refractivity (Wildman–Crippen MR) is 75.6 cm³/mol. The van der Waals surface area contributed by atoms with E-state index in [0.29, 0.717) is 5.88 Å². The second kappa shape index (κ2) is 5.98. The number of alkyl halides is 1. The molecule has 0 radical (unpaired) electrons. The molecule has 1 aromatic carbocycles. The quantitative estimate of drug-likeness (QED) is 0.835. The Balaban J connectivity index is 2.10. The Morgan fingerprint density at radius 1 is 1.11 bits per heavy atom. The van der Waals surface area contributed by atoms with Gasteiger partial charge in [-0.3, -0.25) is 4.98 Å². The average molecular weight is 261 g/mol. The third-order valence-electron chi connectivity index (χ3n) is 3.11. The number of nitrogens with zero attached hydrogens (tertiary/aromatic N) is 1. The van der Waals surface area contributed by atoms with E-state index in [9.17, 15) is 0 Å². The lowest BCUT2D eigenvalue weighted by atomic mass is 9.94. The van der Waals surface area contributed by atoms with Crippen LogP contribution in [0.1, 0.15) is 18.1 Å². The first-order valence-electron chi connectivity index (χ1n) is 6.00. The maximum atomic E-state index is 6.13. The predicted octanol–water partition coefficient (Wildman–Crippen LogP) is 3.33. The molecule has 1 N–H and O–H groups in total. The van der Waals surface area contributed by atoms with Gasteiger partial charge in [-0.1, -0.05) is 30.3 Å². The molecule has 0 fully saturated rings. The third kappa shape index (κ3) is 3.09. The molecule has 0 bridgehead atoms. The summed E-state index contributed by atoms with van der Waals surface area (Å²) in [6.45, 7) is 2.90. The van der Waals surface area contributed by atoms with Crippen LogP contribution in [0.3, 0.4) is 0 Å². The maximum absolute atomic E-state index is 6.13. The highest BCUT2D eigenvalue weighted by Gasteiger charge is 2.24. The number of hydrogen-bond donors (Lipinski definition) is 1. The number of nitrogens with one attached hydrogen (secondary N) is 1. The van der Waals surface area contributed by atoms with Gasteiger partial charge < -0.3 is 5.32 Å². The fourth-order valence-corrected chi connectivity index (χ4v) is 2.08. The number of hydrogen-bond acceptors (Lipinski definition) is 2. The summed E-state index contributed by atoms with van der Waals surface area (Å²) >= 11 is 6.13. The molecule has 1 unspecified atom stereocenters. The lowest BCUT2D eigenvalue weighted by Crippen LogP contribution is -2.40. The zero-order chi connectivity index (χ0) is 12.8. The average Bonchev–Trinajstić information content (AvgIpc) is 2.47. The van der Waals surface area contributed by atoms with E-state index in [4.69, 9.17) is 11.6 Å². The first kappa shape index (κ1) is 13.1. The van der Waals surface area contributed by atoms with E-state index in [1.807, 2.05) is 30.3 Å². The lowest BCUT2D eigenvalue weighted by molar-refractivity contribution is 0.406. The fourth-order valence-electron chi connectivity index (χ4n) is 1.83. The van der Waals surface area contributed by atoms with E-state index in [2.05, 4.69) is 29.4 Å². The van der Waals surface area contributed by atoms with E-state index < -0.39 is 0 Å². The SMILES string of the molecule is CC(CCl)(NCc1ccncc1)c1ccccc1. The largest absolute Gasteiger partial charge is 0.303 e. The van der Waals surface area contributed by atoms with Crippen LogP contribution in [0.2, 0.25) is 0 Å². The van der Waals surface area contributed by atoms with E-state index in [-0.39, 0.29) is 5.54 Å². The van der Waals surface area contributed by atoms with Crippen LogP contribution in [-0.4, -0.2) is 10.9 Å². The minimum atomic E-state index is -0.216. The Hall–Kier alpha value is -1.38. The molecular formula is C15H17ClN2. The van der Waals surface area contributed by atoms with Crippen molar-refractivity contribution in [2.24, 2.45) is 0 Å². The molecular weight excluding hydrogens is 244 g/mol. The summed E-state index contributed by atoms with van der Waals surface area (Å²) in [4.78, 5) is 4.01. The van der Waals surface area contributed by atoms with Crippen LogP contribution >= 0.6 is 11.6 Å². The smallest absolute Gasteiger partial charge is 0.0545 e. The molecule has 0 saturated carbocycles. The molecule has 2 aromatic rings. The molecule has 2 rings (SSSR count). The standard InChI is InChI=1S/C15H17ClN2/c1-15(12-16,14-5-3-2-4-6-14)18-11-13-7-9-17-10-8-13/h2-10,18H,11-12H2,1H3. The van der Waals surface area contributed by atoms with Crippen LogP contribution in [0.25, 0.3) is 0 Å². The van der Waals surface area contributed by atoms with Gasteiger partial charge in [-0.05, 0) is 30.2 Å². The Bertz CT molecular complexity index is 472. The first-order chi connectivity index (χ1) is 8.74. The zero-order valence-corrected chi connectivity index (χ0v) is 11.2. The van der Waals surface area contributed by atoms with Gasteiger partial charge in [0.05, 0.1) is 5.54 Å². The van der Waals surface area contributed by atoms with Gasteiger partial charge in [0.25, 0.3) is 0 Å². The monoisotopic (exact) mass is 260 g/mol. The molecule has 0 aliphatic heterocycles. The number of pyridine rings is 1. The highest BCUT2D eigenvalue weighted by atomic mass is 35.5. The van der Waals surface area contributed by atoms with Crippen molar-refractivity contribution < 1.29 is 0 Å². The van der Waals surface area contributed by atoms with Gasteiger partial charge >= 0.3 is 0 Å². The van der Waals surface area contributed by atoms with Crippen LogP contribution in [0.5, 0.6) is 0 Å². The molecule has 94 valence electrons. The minimum Gasteiger partial charge on any atom is -0.303 e. The summed E-state index contributed by atoms with van der Waals surface area (Å²) in [6.07, 6.45) is 3.61. The third-order valence-corrected chi connectivity index (χ3v) is 3.64. The van der Waals surface area contributed by atoms with Gasteiger partial charge in [-0.25, -0.2) is 0 Å². The summed E-state index contributed by atoms with van der Waals surface area (Å²) in [5, 5.41) is 3.52. The lowest BCUT2D eigenvalue weighted by Gasteiger charge is -2.29. The number of rotatable bonds is 5. The van der Waals surface area contributed by atoms with Crippen molar-refractivity contribution in [3.63, 3.8) is 0 Å². The van der Waals surface area contributed by atoms with Gasteiger partial charge in [0.15, 0.2) is 0 Å². The van der Waals surface area contributed by atoms with Crippen molar-refractivity contribution in [1.29, 1.82) is 0 Å². The second-order valence-electron chi connectivity index (χ2n) is 4.54. The van der Waals surface area contributed by atoms with Crippen LogP contribution < -0.4 is 5.32 Å². The first-order valence-corrected chi connectivity index (χ1v) is 6.53. The molecule has 18 heavy (non-hydrogen) atoms. The molecule has 0 amide bonds. The topological polar surface area (TPSA) is 24.9 Å². The minimum absolute atomic E-state index is 0.216. The van der Waals surface area contributed by atoms with E-state index in [0.717, 1.165) is 6.54 Å². The molecule has 0 aliphatic rings. The fraction of sp³-hybridized carbons (Fsp3) is 0.267. The van der Waals surface area contributed by atoms with Gasteiger partial charge in [-0.2, -0.15) is 0 Å². The number of benzene rings is 1. The van der Waals surface area contributed by atoms with Gasteiger partial charge in [0.2, 0.25) is 0 Å². The Labute approximate surface area is 113 Å². The molecule has 0 aliphatic carbocycles. The van der Waals surface area contributed by atoms with Gasteiger partial charge in [-0.15, -0.1) is 11.6 Å².